The fourth-order valence-electron chi connectivity index (χ4n) is 1.93. The van der Waals surface area contributed by atoms with Gasteiger partial charge in [-0.15, -0.1) is 0 Å². The molecule has 6 nitrogen and oxygen atoms in total. The minimum atomic E-state index is 0.127. The zero-order valence-corrected chi connectivity index (χ0v) is 12.0. The van der Waals surface area contributed by atoms with Gasteiger partial charge in [0.25, 0.3) is 0 Å². The first-order valence-corrected chi connectivity index (χ1v) is 7.09. The molecule has 1 heterocycles. The largest absolute Gasteiger partial charge is 0.382 e. The second-order valence-electron chi connectivity index (χ2n) is 4.69. The van der Waals surface area contributed by atoms with Crippen molar-refractivity contribution in [3.8, 4) is 0 Å². The Hall–Kier alpha value is -0.690. The maximum Gasteiger partial charge on any atom is 0.234 e. The van der Waals surface area contributed by atoms with Crippen LogP contribution in [0.5, 0.6) is 0 Å². The van der Waals surface area contributed by atoms with Crippen LogP contribution < -0.4 is 10.6 Å². The lowest BCUT2D eigenvalue weighted by molar-refractivity contribution is -0.122. The summed E-state index contributed by atoms with van der Waals surface area (Å²) in [6.07, 6.45) is 1.93. The Bertz CT molecular complexity index is 233. The first-order valence-electron chi connectivity index (χ1n) is 7.09. The Morgan fingerprint density at radius 1 is 1.21 bits per heavy atom. The number of hydrogen-bond acceptors (Lipinski definition) is 5. The lowest BCUT2D eigenvalue weighted by atomic mass is 10.3. The summed E-state index contributed by atoms with van der Waals surface area (Å²) in [7, 11) is 1.66. The fourth-order valence-corrected chi connectivity index (χ4v) is 1.93. The second kappa shape index (κ2) is 11.2. The van der Waals surface area contributed by atoms with Gasteiger partial charge in [0.15, 0.2) is 0 Å². The number of nitrogens with one attached hydrogen (secondary N) is 2. The minimum Gasteiger partial charge on any atom is -0.382 e. The zero-order valence-electron chi connectivity index (χ0n) is 12.0. The van der Waals surface area contributed by atoms with Crippen molar-refractivity contribution in [2.24, 2.45) is 0 Å². The molecule has 0 aromatic rings. The number of carbonyl (C=O) groups is 1. The van der Waals surface area contributed by atoms with Gasteiger partial charge in [0.2, 0.25) is 5.91 Å². The van der Waals surface area contributed by atoms with Crippen LogP contribution in [0.2, 0.25) is 0 Å². The molecule has 1 rings (SSSR count). The molecule has 1 amide bonds. The molecule has 0 radical (unpaired) electrons. The summed E-state index contributed by atoms with van der Waals surface area (Å²) in [5, 5.41) is 6.22. The second-order valence-corrected chi connectivity index (χ2v) is 4.69. The van der Waals surface area contributed by atoms with Gasteiger partial charge in [-0.05, 0) is 12.8 Å². The predicted molar refractivity (Wildman–Crippen MR) is 74.2 cm³/mol. The maximum absolute atomic E-state index is 11.7. The van der Waals surface area contributed by atoms with Crippen LogP contribution in [0.1, 0.15) is 12.8 Å². The number of carbonyl (C=O) groups excluding carboxylic acids is 1. The van der Waals surface area contributed by atoms with E-state index >= 15 is 0 Å². The Morgan fingerprint density at radius 2 is 2.00 bits per heavy atom. The van der Waals surface area contributed by atoms with Gasteiger partial charge in [-0.25, -0.2) is 0 Å². The van der Waals surface area contributed by atoms with E-state index in [1.165, 1.54) is 0 Å². The lowest BCUT2D eigenvalue weighted by Crippen LogP contribution is -2.47. The average Bonchev–Trinajstić information content (AvgIpc) is 2.43. The summed E-state index contributed by atoms with van der Waals surface area (Å²) in [6.45, 7) is 7.15. The molecule has 0 bridgehead atoms. The van der Waals surface area contributed by atoms with Crippen LogP contribution in [0, 0.1) is 0 Å². The molecule has 1 aliphatic heterocycles. The zero-order chi connectivity index (χ0) is 13.8. The SMILES string of the molecule is COCCOCCCCNC(=O)CN1CCNCC1. The highest BCUT2D eigenvalue weighted by Crippen LogP contribution is 1.92. The number of piperazine rings is 1. The van der Waals surface area contributed by atoms with Gasteiger partial charge in [0, 0.05) is 46.4 Å². The van der Waals surface area contributed by atoms with Gasteiger partial charge in [0.05, 0.1) is 19.8 Å². The summed E-state index contributed by atoms with van der Waals surface area (Å²) in [6, 6.07) is 0. The van der Waals surface area contributed by atoms with Crippen molar-refractivity contribution >= 4 is 5.91 Å². The number of nitrogens with zero attached hydrogens (tertiary/aromatic N) is 1. The van der Waals surface area contributed by atoms with Crippen molar-refractivity contribution in [1.29, 1.82) is 0 Å². The van der Waals surface area contributed by atoms with Gasteiger partial charge < -0.3 is 20.1 Å². The summed E-state index contributed by atoms with van der Waals surface area (Å²) in [5.41, 5.74) is 0. The molecule has 0 aromatic carbocycles. The first kappa shape index (κ1) is 16.4. The number of methoxy groups -OCH3 is 1. The third-order valence-corrected chi connectivity index (χ3v) is 3.05. The van der Waals surface area contributed by atoms with E-state index in [1.807, 2.05) is 0 Å². The van der Waals surface area contributed by atoms with Gasteiger partial charge in [0.1, 0.15) is 0 Å². The van der Waals surface area contributed by atoms with E-state index < -0.39 is 0 Å². The molecular weight excluding hydrogens is 246 g/mol. The van der Waals surface area contributed by atoms with E-state index in [1.54, 1.807) is 7.11 Å². The van der Waals surface area contributed by atoms with Crippen LogP contribution in [0.4, 0.5) is 0 Å². The molecule has 0 atom stereocenters. The molecule has 0 aromatic heterocycles. The van der Waals surface area contributed by atoms with Crippen LogP contribution in [-0.2, 0) is 14.3 Å². The maximum atomic E-state index is 11.7. The molecule has 1 aliphatic rings. The summed E-state index contributed by atoms with van der Waals surface area (Å²) < 4.78 is 10.2. The molecule has 112 valence electrons. The number of rotatable bonds is 10. The molecule has 1 fully saturated rings. The highest BCUT2D eigenvalue weighted by atomic mass is 16.5. The van der Waals surface area contributed by atoms with Crippen LogP contribution in [0.15, 0.2) is 0 Å². The number of hydrogen-bond donors (Lipinski definition) is 2. The van der Waals surface area contributed by atoms with Gasteiger partial charge in [-0.3, -0.25) is 9.69 Å². The normalized spacial score (nSPS) is 16.5. The van der Waals surface area contributed by atoms with E-state index in [2.05, 4.69) is 15.5 Å². The average molecular weight is 273 g/mol. The van der Waals surface area contributed by atoms with Crippen LogP contribution in [-0.4, -0.2) is 77.0 Å². The topological polar surface area (TPSA) is 62.8 Å². The highest BCUT2D eigenvalue weighted by Gasteiger charge is 2.12. The summed E-state index contributed by atoms with van der Waals surface area (Å²) in [4.78, 5) is 13.8. The molecule has 0 aliphatic carbocycles. The number of amides is 1. The Kier molecular flexibility index (Phi) is 9.61. The van der Waals surface area contributed by atoms with Gasteiger partial charge in [-0.1, -0.05) is 0 Å². The Labute approximate surface area is 115 Å². The van der Waals surface area contributed by atoms with Crippen molar-refractivity contribution in [2.75, 3.05) is 66.2 Å². The monoisotopic (exact) mass is 273 g/mol. The molecule has 19 heavy (non-hydrogen) atoms. The summed E-state index contributed by atoms with van der Waals surface area (Å²) >= 11 is 0. The molecule has 0 saturated carbocycles. The van der Waals surface area contributed by atoms with E-state index in [9.17, 15) is 4.79 Å². The van der Waals surface area contributed by atoms with E-state index in [-0.39, 0.29) is 5.91 Å². The quantitative estimate of drug-likeness (QED) is 0.523. The van der Waals surface area contributed by atoms with Crippen molar-refractivity contribution in [3.05, 3.63) is 0 Å². The van der Waals surface area contributed by atoms with E-state index in [0.717, 1.165) is 52.2 Å². The van der Waals surface area contributed by atoms with Gasteiger partial charge in [-0.2, -0.15) is 0 Å². The third-order valence-electron chi connectivity index (χ3n) is 3.05. The highest BCUT2D eigenvalue weighted by molar-refractivity contribution is 5.77. The summed E-state index contributed by atoms with van der Waals surface area (Å²) in [5.74, 6) is 0.127. The predicted octanol–water partition coefficient (Wildman–Crippen LogP) is -0.549. The van der Waals surface area contributed by atoms with Crippen molar-refractivity contribution in [3.63, 3.8) is 0 Å². The Balaban J connectivity index is 1.87. The smallest absolute Gasteiger partial charge is 0.234 e. The number of unbranched alkanes of at least 4 members (excludes halogenated alkanes) is 1. The molecule has 0 unspecified atom stereocenters. The lowest BCUT2D eigenvalue weighted by Gasteiger charge is -2.26. The number of ether oxygens (including phenoxy) is 2. The first-order chi connectivity index (χ1) is 9.33. The van der Waals surface area contributed by atoms with Crippen molar-refractivity contribution in [1.82, 2.24) is 15.5 Å². The van der Waals surface area contributed by atoms with Crippen LogP contribution in [0.25, 0.3) is 0 Å². The third kappa shape index (κ3) is 8.93. The fraction of sp³-hybridized carbons (Fsp3) is 0.923. The van der Waals surface area contributed by atoms with Crippen LogP contribution in [0.3, 0.4) is 0 Å². The standard InChI is InChI=1S/C13H27N3O3/c1-18-10-11-19-9-3-2-4-15-13(17)12-16-7-5-14-6-8-16/h14H,2-12H2,1H3,(H,15,17). The van der Waals surface area contributed by atoms with Crippen molar-refractivity contribution < 1.29 is 14.3 Å². The molecule has 1 saturated heterocycles. The van der Waals surface area contributed by atoms with E-state index in [0.29, 0.717) is 19.8 Å². The molecule has 0 spiro atoms. The molecule has 2 N–H and O–H groups in total. The van der Waals surface area contributed by atoms with E-state index in [4.69, 9.17) is 9.47 Å². The van der Waals surface area contributed by atoms with Crippen LogP contribution >= 0.6 is 0 Å². The van der Waals surface area contributed by atoms with Gasteiger partial charge >= 0.3 is 0 Å². The molecular formula is C13H27N3O3. The molecule has 6 heteroatoms. The Morgan fingerprint density at radius 3 is 2.74 bits per heavy atom. The van der Waals surface area contributed by atoms with Crippen molar-refractivity contribution in [2.45, 2.75) is 12.8 Å². The minimum absolute atomic E-state index is 0.127.